The fraction of sp³-hybridized carbons (Fsp3) is 0.692. The van der Waals surface area contributed by atoms with Gasteiger partial charge in [0.25, 0.3) is 0 Å². The lowest BCUT2D eigenvalue weighted by atomic mass is 10.0. The van der Waals surface area contributed by atoms with Gasteiger partial charge in [0, 0.05) is 30.6 Å². The Labute approximate surface area is 103 Å². The standard InChI is InChI=1S/C13H22N2S/c1-4-14-7-11-9-16-13-8-15(10(2)3)6-5-12(11)13/h9-10,14H,4-8H2,1-3H3. The third kappa shape index (κ3) is 2.47. The van der Waals surface area contributed by atoms with Gasteiger partial charge in [-0.1, -0.05) is 6.92 Å². The van der Waals surface area contributed by atoms with Gasteiger partial charge in [0.1, 0.15) is 0 Å². The largest absolute Gasteiger partial charge is 0.313 e. The molecule has 0 atom stereocenters. The fourth-order valence-corrected chi connectivity index (χ4v) is 3.39. The molecule has 0 aliphatic carbocycles. The van der Waals surface area contributed by atoms with Crippen LogP contribution in [0.5, 0.6) is 0 Å². The molecule has 2 rings (SSSR count). The molecule has 90 valence electrons. The van der Waals surface area contributed by atoms with Crippen LogP contribution in [0.2, 0.25) is 0 Å². The molecule has 0 radical (unpaired) electrons. The highest BCUT2D eigenvalue weighted by Crippen LogP contribution is 2.29. The first kappa shape index (κ1) is 12.1. The van der Waals surface area contributed by atoms with Gasteiger partial charge in [-0.15, -0.1) is 11.3 Å². The Kier molecular flexibility index (Phi) is 4.00. The molecule has 1 aliphatic heterocycles. The minimum Gasteiger partial charge on any atom is -0.313 e. The van der Waals surface area contributed by atoms with Gasteiger partial charge in [-0.25, -0.2) is 0 Å². The topological polar surface area (TPSA) is 15.3 Å². The van der Waals surface area contributed by atoms with E-state index in [0.717, 1.165) is 19.6 Å². The molecule has 1 aliphatic rings. The Morgan fingerprint density at radius 3 is 3.00 bits per heavy atom. The van der Waals surface area contributed by atoms with Crippen molar-refractivity contribution in [2.24, 2.45) is 0 Å². The van der Waals surface area contributed by atoms with Crippen molar-refractivity contribution in [2.45, 2.75) is 46.3 Å². The Morgan fingerprint density at radius 1 is 1.50 bits per heavy atom. The zero-order valence-electron chi connectivity index (χ0n) is 10.5. The van der Waals surface area contributed by atoms with E-state index >= 15 is 0 Å². The molecule has 0 saturated carbocycles. The lowest BCUT2D eigenvalue weighted by Gasteiger charge is -2.30. The van der Waals surface area contributed by atoms with Gasteiger partial charge in [-0.3, -0.25) is 4.90 Å². The average Bonchev–Trinajstić information content (AvgIpc) is 2.68. The van der Waals surface area contributed by atoms with Crippen molar-refractivity contribution in [1.29, 1.82) is 0 Å². The molecule has 2 heterocycles. The van der Waals surface area contributed by atoms with Gasteiger partial charge >= 0.3 is 0 Å². The highest BCUT2D eigenvalue weighted by Gasteiger charge is 2.21. The zero-order valence-corrected chi connectivity index (χ0v) is 11.4. The quantitative estimate of drug-likeness (QED) is 0.867. The van der Waals surface area contributed by atoms with Crippen LogP contribution in [0, 0.1) is 0 Å². The van der Waals surface area contributed by atoms with E-state index in [0.29, 0.717) is 6.04 Å². The first-order valence-electron chi connectivity index (χ1n) is 6.25. The molecular formula is C13H22N2S. The first-order chi connectivity index (χ1) is 7.72. The zero-order chi connectivity index (χ0) is 11.5. The highest BCUT2D eigenvalue weighted by molar-refractivity contribution is 7.10. The fourth-order valence-electron chi connectivity index (χ4n) is 2.26. The Hall–Kier alpha value is -0.380. The van der Waals surface area contributed by atoms with Gasteiger partial charge in [-0.05, 0) is 43.3 Å². The van der Waals surface area contributed by atoms with Crippen LogP contribution in [0.4, 0.5) is 0 Å². The van der Waals surface area contributed by atoms with Crippen LogP contribution in [0.1, 0.15) is 36.8 Å². The van der Waals surface area contributed by atoms with Crippen molar-refractivity contribution < 1.29 is 0 Å². The maximum atomic E-state index is 3.43. The molecule has 1 N–H and O–H groups in total. The summed E-state index contributed by atoms with van der Waals surface area (Å²) in [6.07, 6.45) is 1.23. The molecule has 0 fully saturated rings. The summed E-state index contributed by atoms with van der Waals surface area (Å²) >= 11 is 1.94. The van der Waals surface area contributed by atoms with Crippen LogP contribution < -0.4 is 5.32 Å². The normalized spacial score (nSPS) is 16.8. The Morgan fingerprint density at radius 2 is 2.31 bits per heavy atom. The number of fused-ring (bicyclic) bond motifs is 1. The van der Waals surface area contributed by atoms with Gasteiger partial charge in [0.15, 0.2) is 0 Å². The van der Waals surface area contributed by atoms with Gasteiger partial charge in [0.2, 0.25) is 0 Å². The molecule has 0 amide bonds. The van der Waals surface area contributed by atoms with Crippen molar-refractivity contribution in [3.63, 3.8) is 0 Å². The number of nitrogens with zero attached hydrogens (tertiary/aromatic N) is 1. The summed E-state index contributed by atoms with van der Waals surface area (Å²) in [5.41, 5.74) is 3.16. The number of hydrogen-bond acceptors (Lipinski definition) is 3. The molecule has 3 heteroatoms. The minimum atomic E-state index is 0.674. The number of thiophene rings is 1. The predicted octanol–water partition coefficient (Wildman–Crippen LogP) is 2.62. The maximum Gasteiger partial charge on any atom is 0.0333 e. The summed E-state index contributed by atoms with van der Waals surface area (Å²) in [6.45, 7) is 11.2. The van der Waals surface area contributed by atoms with Crippen LogP contribution in [0.15, 0.2) is 5.38 Å². The maximum absolute atomic E-state index is 3.43. The van der Waals surface area contributed by atoms with E-state index in [1.807, 2.05) is 11.3 Å². The number of rotatable bonds is 4. The summed E-state index contributed by atoms with van der Waals surface area (Å²) in [5.74, 6) is 0. The van der Waals surface area contributed by atoms with E-state index in [1.165, 1.54) is 18.5 Å². The Bertz CT molecular complexity index is 344. The van der Waals surface area contributed by atoms with Crippen molar-refractivity contribution >= 4 is 11.3 Å². The van der Waals surface area contributed by atoms with Crippen molar-refractivity contribution in [3.05, 3.63) is 21.4 Å². The third-order valence-corrected chi connectivity index (χ3v) is 4.42. The van der Waals surface area contributed by atoms with Gasteiger partial charge < -0.3 is 5.32 Å². The summed E-state index contributed by atoms with van der Waals surface area (Å²) in [4.78, 5) is 4.16. The van der Waals surface area contributed by atoms with E-state index in [-0.39, 0.29) is 0 Å². The highest BCUT2D eigenvalue weighted by atomic mass is 32.1. The second-order valence-corrected chi connectivity index (χ2v) is 5.72. The second kappa shape index (κ2) is 5.30. The summed E-state index contributed by atoms with van der Waals surface area (Å²) in [5, 5.41) is 5.77. The van der Waals surface area contributed by atoms with E-state index in [9.17, 15) is 0 Å². The van der Waals surface area contributed by atoms with Crippen LogP contribution in [0.25, 0.3) is 0 Å². The lowest BCUT2D eigenvalue weighted by Crippen LogP contribution is -2.35. The molecule has 2 nitrogen and oxygen atoms in total. The monoisotopic (exact) mass is 238 g/mol. The molecule has 0 bridgehead atoms. The van der Waals surface area contributed by atoms with Crippen molar-refractivity contribution in [2.75, 3.05) is 13.1 Å². The van der Waals surface area contributed by atoms with E-state index < -0.39 is 0 Å². The van der Waals surface area contributed by atoms with Gasteiger partial charge in [-0.2, -0.15) is 0 Å². The van der Waals surface area contributed by atoms with Crippen LogP contribution in [-0.4, -0.2) is 24.0 Å². The molecular weight excluding hydrogens is 216 g/mol. The molecule has 0 spiro atoms. The smallest absolute Gasteiger partial charge is 0.0333 e. The molecule has 1 aromatic heterocycles. The van der Waals surface area contributed by atoms with Gasteiger partial charge in [0.05, 0.1) is 0 Å². The number of nitrogens with one attached hydrogen (secondary N) is 1. The van der Waals surface area contributed by atoms with E-state index in [2.05, 4.69) is 36.4 Å². The van der Waals surface area contributed by atoms with Crippen LogP contribution in [0.3, 0.4) is 0 Å². The predicted molar refractivity (Wildman–Crippen MR) is 70.9 cm³/mol. The number of hydrogen-bond donors (Lipinski definition) is 1. The molecule has 0 saturated heterocycles. The summed E-state index contributed by atoms with van der Waals surface area (Å²) < 4.78 is 0. The molecule has 16 heavy (non-hydrogen) atoms. The first-order valence-corrected chi connectivity index (χ1v) is 7.13. The summed E-state index contributed by atoms with van der Waals surface area (Å²) in [7, 11) is 0. The molecule has 0 aromatic carbocycles. The lowest BCUT2D eigenvalue weighted by molar-refractivity contribution is 0.206. The molecule has 0 unspecified atom stereocenters. The SMILES string of the molecule is CCNCc1csc2c1CCN(C(C)C)C2. The molecule has 1 aromatic rings. The second-order valence-electron chi connectivity index (χ2n) is 4.76. The Balaban J connectivity index is 2.08. The van der Waals surface area contributed by atoms with Crippen LogP contribution >= 0.6 is 11.3 Å². The van der Waals surface area contributed by atoms with E-state index in [1.54, 1.807) is 10.4 Å². The van der Waals surface area contributed by atoms with Crippen molar-refractivity contribution in [1.82, 2.24) is 10.2 Å². The minimum absolute atomic E-state index is 0.674. The third-order valence-electron chi connectivity index (χ3n) is 3.36. The summed E-state index contributed by atoms with van der Waals surface area (Å²) in [6, 6.07) is 0.674. The van der Waals surface area contributed by atoms with E-state index in [4.69, 9.17) is 0 Å². The van der Waals surface area contributed by atoms with Crippen molar-refractivity contribution in [3.8, 4) is 0 Å². The van der Waals surface area contributed by atoms with Crippen LogP contribution in [-0.2, 0) is 19.5 Å². The average molecular weight is 238 g/mol.